The zero-order valence-corrected chi connectivity index (χ0v) is 29.4. The number of piperazine rings is 1. The number of ether oxygens (including phenoxy) is 1. The minimum Gasteiger partial charge on any atom is -0.481 e. The topological polar surface area (TPSA) is 48.8 Å². The molecule has 3 heterocycles. The van der Waals surface area contributed by atoms with E-state index in [4.69, 9.17) is 9.72 Å². The second-order valence-electron chi connectivity index (χ2n) is 13.8. The summed E-state index contributed by atoms with van der Waals surface area (Å²) in [5, 5.41) is 14.1. The largest absolute Gasteiger partial charge is 0.481 e. The number of halogens is 1. The lowest BCUT2D eigenvalue weighted by atomic mass is 9.72. The number of hydrogen-bond donors (Lipinski definition) is 1. The number of hydrogen-bond acceptors (Lipinski definition) is 5. The summed E-state index contributed by atoms with van der Waals surface area (Å²) in [7, 11) is 1.69. The van der Waals surface area contributed by atoms with Crippen LogP contribution < -0.4 is 4.74 Å². The van der Waals surface area contributed by atoms with E-state index >= 15 is 0 Å². The molecule has 48 heavy (non-hydrogen) atoms. The summed E-state index contributed by atoms with van der Waals surface area (Å²) in [5.74, 6) is 0.271. The van der Waals surface area contributed by atoms with Gasteiger partial charge in [0.25, 0.3) is 0 Å². The maximum absolute atomic E-state index is 13.0. The van der Waals surface area contributed by atoms with Gasteiger partial charge in [-0.15, -0.1) is 0 Å². The van der Waals surface area contributed by atoms with Crippen LogP contribution in [-0.4, -0.2) is 64.3 Å². The molecule has 248 valence electrons. The molecule has 0 spiro atoms. The van der Waals surface area contributed by atoms with Crippen molar-refractivity contribution in [2.45, 2.75) is 68.7 Å². The molecule has 4 aromatic carbocycles. The van der Waals surface area contributed by atoms with Crippen LogP contribution >= 0.6 is 15.9 Å². The van der Waals surface area contributed by atoms with E-state index in [0.717, 1.165) is 71.9 Å². The van der Waals surface area contributed by atoms with Gasteiger partial charge in [0.2, 0.25) is 5.88 Å². The van der Waals surface area contributed by atoms with Crippen LogP contribution in [0.2, 0.25) is 0 Å². The molecular weight excluding hydrogens is 658 g/mol. The summed E-state index contributed by atoms with van der Waals surface area (Å²) in [5.41, 5.74) is 4.52. The molecule has 0 radical (unpaired) electrons. The number of pyridine rings is 1. The second-order valence-corrected chi connectivity index (χ2v) is 14.7. The Labute approximate surface area is 293 Å². The van der Waals surface area contributed by atoms with Crippen molar-refractivity contribution in [3.63, 3.8) is 0 Å². The van der Waals surface area contributed by atoms with Gasteiger partial charge in [0, 0.05) is 53.1 Å². The smallest absolute Gasteiger partial charge is 0.217 e. The highest BCUT2D eigenvalue weighted by atomic mass is 79.9. The van der Waals surface area contributed by atoms with Gasteiger partial charge in [-0.05, 0) is 86.0 Å². The van der Waals surface area contributed by atoms with Crippen LogP contribution in [0.25, 0.3) is 10.9 Å². The summed E-state index contributed by atoms with van der Waals surface area (Å²) in [6.07, 6.45) is 5.42. The molecule has 2 bridgehead atoms. The van der Waals surface area contributed by atoms with E-state index < -0.39 is 5.60 Å². The van der Waals surface area contributed by atoms with Gasteiger partial charge in [0.05, 0.1) is 18.2 Å². The number of aryl methyl sites for hydroxylation is 1. The number of likely N-dealkylation sites (tertiary alicyclic amines) is 2. The van der Waals surface area contributed by atoms with Crippen molar-refractivity contribution >= 4 is 26.8 Å². The quantitative estimate of drug-likeness (QED) is 0.117. The molecule has 6 heteroatoms. The third-order valence-electron chi connectivity index (χ3n) is 10.6. The number of aliphatic hydroxyl groups is 1. The Balaban J connectivity index is 1.12. The Morgan fingerprint density at radius 3 is 2.17 bits per heavy atom. The fraction of sp³-hybridized carbons (Fsp3) is 0.357. The average Bonchev–Trinajstić information content (AvgIpc) is 3.71. The predicted octanol–water partition coefficient (Wildman–Crippen LogP) is 8.63. The Morgan fingerprint density at radius 1 is 0.812 bits per heavy atom. The molecule has 5 aromatic rings. The third-order valence-corrected chi connectivity index (χ3v) is 11.1. The molecule has 4 atom stereocenters. The van der Waals surface area contributed by atoms with Crippen LogP contribution in [0.4, 0.5) is 0 Å². The van der Waals surface area contributed by atoms with Gasteiger partial charge < -0.3 is 9.84 Å². The van der Waals surface area contributed by atoms with Gasteiger partial charge in [-0.1, -0.05) is 107 Å². The minimum atomic E-state index is -1.01. The summed E-state index contributed by atoms with van der Waals surface area (Å²) in [4.78, 5) is 10.3. The number of fused-ring (bicyclic) bond motifs is 3. The third kappa shape index (κ3) is 7.37. The SMILES string of the molecule is COc1nc2ccc(Br)cc2cc1C(c1ccccc1)C(O)(CCCCN1CC2CC1CN2Cc1ccccc1)CCc1ccccc1. The molecule has 4 unspecified atom stereocenters. The maximum Gasteiger partial charge on any atom is 0.217 e. The van der Waals surface area contributed by atoms with Crippen LogP contribution in [0.15, 0.2) is 120 Å². The molecular formula is C42H46BrN3O2. The van der Waals surface area contributed by atoms with Crippen molar-refractivity contribution in [1.29, 1.82) is 0 Å². The normalized spacial score (nSPS) is 19.8. The van der Waals surface area contributed by atoms with E-state index in [0.29, 0.717) is 30.8 Å². The molecule has 2 aliphatic rings. The number of aromatic nitrogens is 1. The number of nitrogens with zero attached hydrogens (tertiary/aromatic N) is 3. The van der Waals surface area contributed by atoms with Crippen LogP contribution in [0, 0.1) is 0 Å². The van der Waals surface area contributed by atoms with E-state index in [-0.39, 0.29) is 5.92 Å². The van der Waals surface area contributed by atoms with E-state index in [1.165, 1.54) is 17.5 Å². The van der Waals surface area contributed by atoms with Gasteiger partial charge >= 0.3 is 0 Å². The highest BCUT2D eigenvalue weighted by Gasteiger charge is 2.43. The van der Waals surface area contributed by atoms with Crippen LogP contribution in [0.3, 0.4) is 0 Å². The van der Waals surface area contributed by atoms with Crippen molar-refractivity contribution in [2.24, 2.45) is 0 Å². The summed E-state index contributed by atoms with van der Waals surface area (Å²) in [6.45, 7) is 4.44. The molecule has 2 aliphatic heterocycles. The standard InChI is InChI=1S/C42H46BrN3O2/c1-48-41-38(26-34-25-35(43)19-20-39(34)44-41)40(33-17-9-4-10-18-33)42(47,23-21-31-13-5-2-6-14-31)22-11-12-24-45-29-37-27-36(45)30-46(37)28-32-15-7-3-8-16-32/h2-10,13-20,25-26,36-37,40,47H,11-12,21-24,27-30H2,1H3. The second kappa shape index (κ2) is 14.9. The molecule has 7 rings (SSSR count). The number of methoxy groups -OCH3 is 1. The average molecular weight is 705 g/mol. The fourth-order valence-electron chi connectivity index (χ4n) is 8.22. The predicted molar refractivity (Wildman–Crippen MR) is 198 cm³/mol. The molecule has 2 saturated heterocycles. The Kier molecular flexibility index (Phi) is 10.2. The molecule has 1 aromatic heterocycles. The first kappa shape index (κ1) is 33.0. The maximum atomic E-state index is 13.0. The Morgan fingerprint density at radius 2 is 1.48 bits per heavy atom. The van der Waals surface area contributed by atoms with Crippen molar-refractivity contribution in [1.82, 2.24) is 14.8 Å². The molecule has 0 aliphatic carbocycles. The van der Waals surface area contributed by atoms with E-state index in [2.05, 4.69) is 123 Å². The monoisotopic (exact) mass is 703 g/mol. The highest BCUT2D eigenvalue weighted by molar-refractivity contribution is 9.10. The summed E-state index contributed by atoms with van der Waals surface area (Å²) in [6, 6.07) is 41.5. The van der Waals surface area contributed by atoms with Crippen molar-refractivity contribution in [3.8, 4) is 5.88 Å². The van der Waals surface area contributed by atoms with Gasteiger partial charge in [-0.25, -0.2) is 4.98 Å². The minimum absolute atomic E-state index is 0.303. The lowest BCUT2D eigenvalue weighted by molar-refractivity contribution is 0.00295. The zero-order valence-electron chi connectivity index (χ0n) is 27.8. The molecule has 0 saturated carbocycles. The molecule has 1 N–H and O–H groups in total. The first-order valence-electron chi connectivity index (χ1n) is 17.5. The Hall–Kier alpha value is -3.55. The van der Waals surface area contributed by atoms with Crippen LogP contribution in [0.1, 0.15) is 60.3 Å². The molecule has 0 amide bonds. The number of unbranched alkanes of at least 4 members (excludes halogenated alkanes) is 1. The first-order valence-corrected chi connectivity index (χ1v) is 18.3. The van der Waals surface area contributed by atoms with E-state index in [1.807, 2.05) is 18.2 Å². The highest BCUT2D eigenvalue weighted by Crippen LogP contribution is 2.45. The van der Waals surface area contributed by atoms with Gasteiger partial charge in [-0.2, -0.15) is 0 Å². The molecule has 2 fully saturated rings. The van der Waals surface area contributed by atoms with Crippen molar-refractivity contribution < 1.29 is 9.84 Å². The Bertz CT molecular complexity index is 1790. The van der Waals surface area contributed by atoms with Gasteiger partial charge in [0.15, 0.2) is 0 Å². The van der Waals surface area contributed by atoms with Crippen LogP contribution in [-0.2, 0) is 13.0 Å². The van der Waals surface area contributed by atoms with Crippen LogP contribution in [0.5, 0.6) is 5.88 Å². The fourth-order valence-corrected chi connectivity index (χ4v) is 8.60. The lowest BCUT2D eigenvalue weighted by Gasteiger charge is -2.38. The molecule has 5 nitrogen and oxygen atoms in total. The van der Waals surface area contributed by atoms with Crippen molar-refractivity contribution in [2.75, 3.05) is 26.7 Å². The zero-order chi connectivity index (χ0) is 32.9. The number of benzene rings is 4. The lowest BCUT2D eigenvalue weighted by Crippen LogP contribution is -2.46. The van der Waals surface area contributed by atoms with Crippen molar-refractivity contribution in [3.05, 3.63) is 142 Å². The number of rotatable bonds is 14. The van der Waals surface area contributed by atoms with E-state index in [1.54, 1.807) is 7.11 Å². The summed E-state index contributed by atoms with van der Waals surface area (Å²) >= 11 is 3.65. The first-order chi connectivity index (χ1) is 23.5. The summed E-state index contributed by atoms with van der Waals surface area (Å²) < 4.78 is 6.97. The van der Waals surface area contributed by atoms with Gasteiger partial charge in [-0.3, -0.25) is 9.80 Å². The van der Waals surface area contributed by atoms with E-state index in [9.17, 15) is 5.11 Å². The van der Waals surface area contributed by atoms with Gasteiger partial charge in [0.1, 0.15) is 0 Å².